The van der Waals surface area contributed by atoms with E-state index in [1.165, 1.54) is 50.6 Å². The fourth-order valence-corrected chi connectivity index (χ4v) is 3.93. The van der Waals surface area contributed by atoms with Gasteiger partial charge in [0.2, 0.25) is 0 Å². The van der Waals surface area contributed by atoms with Crippen LogP contribution in [-0.2, 0) is 13.0 Å². The minimum absolute atomic E-state index is 0.837. The standard InChI is InChI=1S/C18H33N3/c1-4-7-15-8-9-17(13-19-5-2)18(10-15)11-16-12-20-21(6-3)14-16/h12,14-15,17-19H,4-11,13H2,1-3H3. The first-order valence-electron chi connectivity index (χ1n) is 8.98. The summed E-state index contributed by atoms with van der Waals surface area (Å²) in [6.07, 6.45) is 12.6. The van der Waals surface area contributed by atoms with E-state index in [-0.39, 0.29) is 0 Å². The lowest BCUT2D eigenvalue weighted by Crippen LogP contribution is -2.34. The highest BCUT2D eigenvalue weighted by Crippen LogP contribution is 2.37. The Morgan fingerprint density at radius 3 is 2.76 bits per heavy atom. The normalized spacial score (nSPS) is 26.1. The van der Waals surface area contributed by atoms with Crippen LogP contribution in [0.1, 0.15) is 58.4 Å². The fraction of sp³-hybridized carbons (Fsp3) is 0.833. The van der Waals surface area contributed by atoms with E-state index in [1.54, 1.807) is 0 Å². The molecule has 1 aromatic heterocycles. The molecule has 21 heavy (non-hydrogen) atoms. The monoisotopic (exact) mass is 291 g/mol. The Kier molecular flexibility index (Phi) is 6.75. The summed E-state index contributed by atoms with van der Waals surface area (Å²) in [6, 6.07) is 0. The summed E-state index contributed by atoms with van der Waals surface area (Å²) >= 11 is 0. The molecule has 0 bridgehead atoms. The molecule has 0 aliphatic heterocycles. The number of nitrogens with one attached hydrogen (secondary N) is 1. The third-order valence-electron chi connectivity index (χ3n) is 5.11. The largest absolute Gasteiger partial charge is 0.317 e. The molecule has 3 nitrogen and oxygen atoms in total. The number of aryl methyl sites for hydroxylation is 1. The molecule has 3 heteroatoms. The van der Waals surface area contributed by atoms with E-state index in [9.17, 15) is 0 Å². The zero-order valence-corrected chi connectivity index (χ0v) is 14.1. The fourth-order valence-electron chi connectivity index (χ4n) is 3.93. The molecule has 120 valence electrons. The molecule has 3 atom stereocenters. The molecule has 1 aliphatic rings. The van der Waals surface area contributed by atoms with Crippen molar-refractivity contribution in [2.75, 3.05) is 13.1 Å². The van der Waals surface area contributed by atoms with Crippen molar-refractivity contribution >= 4 is 0 Å². The Hall–Kier alpha value is -0.830. The van der Waals surface area contributed by atoms with Crippen molar-refractivity contribution in [1.82, 2.24) is 15.1 Å². The van der Waals surface area contributed by atoms with Gasteiger partial charge in [0.25, 0.3) is 0 Å². The Balaban J connectivity index is 1.97. The van der Waals surface area contributed by atoms with E-state index in [2.05, 4.69) is 48.3 Å². The summed E-state index contributed by atoms with van der Waals surface area (Å²) in [5.41, 5.74) is 1.43. The van der Waals surface area contributed by atoms with Crippen LogP contribution in [0.25, 0.3) is 0 Å². The Labute approximate surface area is 130 Å². The van der Waals surface area contributed by atoms with Gasteiger partial charge >= 0.3 is 0 Å². The molecule has 2 rings (SSSR count). The Bertz CT molecular complexity index is 399. The molecule has 0 saturated heterocycles. The highest BCUT2D eigenvalue weighted by atomic mass is 15.3. The van der Waals surface area contributed by atoms with Gasteiger partial charge < -0.3 is 5.32 Å². The van der Waals surface area contributed by atoms with Crippen molar-refractivity contribution in [1.29, 1.82) is 0 Å². The van der Waals surface area contributed by atoms with Gasteiger partial charge in [-0.25, -0.2) is 0 Å². The number of aromatic nitrogens is 2. The van der Waals surface area contributed by atoms with Gasteiger partial charge in [-0.05, 0) is 62.6 Å². The maximum Gasteiger partial charge on any atom is 0.0521 e. The molecule has 1 saturated carbocycles. The smallest absolute Gasteiger partial charge is 0.0521 e. The van der Waals surface area contributed by atoms with Crippen molar-refractivity contribution < 1.29 is 0 Å². The number of nitrogens with zero attached hydrogens (tertiary/aromatic N) is 2. The summed E-state index contributed by atoms with van der Waals surface area (Å²) < 4.78 is 2.06. The molecule has 1 N–H and O–H groups in total. The van der Waals surface area contributed by atoms with Crippen LogP contribution in [0, 0.1) is 17.8 Å². The number of rotatable bonds is 8. The van der Waals surface area contributed by atoms with Crippen LogP contribution >= 0.6 is 0 Å². The second kappa shape index (κ2) is 8.57. The Morgan fingerprint density at radius 1 is 1.24 bits per heavy atom. The molecule has 1 aliphatic carbocycles. The summed E-state index contributed by atoms with van der Waals surface area (Å²) in [5.74, 6) is 2.64. The summed E-state index contributed by atoms with van der Waals surface area (Å²) in [5, 5.41) is 8.02. The summed E-state index contributed by atoms with van der Waals surface area (Å²) in [7, 11) is 0. The topological polar surface area (TPSA) is 29.9 Å². The van der Waals surface area contributed by atoms with Gasteiger partial charge in [-0.3, -0.25) is 4.68 Å². The number of hydrogen-bond donors (Lipinski definition) is 1. The highest BCUT2D eigenvalue weighted by molar-refractivity contribution is 5.06. The number of hydrogen-bond acceptors (Lipinski definition) is 2. The van der Waals surface area contributed by atoms with Gasteiger partial charge in [0, 0.05) is 12.7 Å². The minimum atomic E-state index is 0.837. The van der Waals surface area contributed by atoms with Crippen molar-refractivity contribution in [3.05, 3.63) is 18.0 Å². The van der Waals surface area contributed by atoms with E-state index < -0.39 is 0 Å². The lowest BCUT2D eigenvalue weighted by molar-refractivity contribution is 0.168. The van der Waals surface area contributed by atoms with Gasteiger partial charge in [-0.2, -0.15) is 5.10 Å². The SMILES string of the molecule is CCCC1CCC(CNCC)C(Cc2cnn(CC)c2)C1. The Morgan fingerprint density at radius 2 is 2.10 bits per heavy atom. The first-order valence-corrected chi connectivity index (χ1v) is 8.98. The first-order chi connectivity index (χ1) is 10.3. The zero-order chi connectivity index (χ0) is 15.1. The van der Waals surface area contributed by atoms with E-state index in [0.29, 0.717) is 0 Å². The molecule has 0 amide bonds. The molecule has 3 unspecified atom stereocenters. The van der Waals surface area contributed by atoms with Crippen LogP contribution < -0.4 is 5.32 Å². The molecular formula is C18H33N3. The van der Waals surface area contributed by atoms with E-state index >= 15 is 0 Å². The summed E-state index contributed by atoms with van der Waals surface area (Å²) in [4.78, 5) is 0. The molecule has 0 aromatic carbocycles. The van der Waals surface area contributed by atoms with Crippen molar-refractivity contribution in [3.8, 4) is 0 Å². The quantitative estimate of drug-likeness (QED) is 0.787. The predicted molar refractivity (Wildman–Crippen MR) is 89.4 cm³/mol. The molecule has 0 spiro atoms. The average Bonchev–Trinajstić information content (AvgIpc) is 2.94. The second-order valence-electron chi connectivity index (χ2n) is 6.70. The lowest BCUT2D eigenvalue weighted by Gasteiger charge is -2.36. The maximum atomic E-state index is 4.44. The molecular weight excluding hydrogens is 258 g/mol. The van der Waals surface area contributed by atoms with Gasteiger partial charge in [0.05, 0.1) is 6.20 Å². The maximum absolute atomic E-state index is 4.44. The first kappa shape index (κ1) is 16.5. The summed E-state index contributed by atoms with van der Waals surface area (Å²) in [6.45, 7) is 9.96. The highest BCUT2D eigenvalue weighted by Gasteiger charge is 2.30. The molecule has 1 heterocycles. The third-order valence-corrected chi connectivity index (χ3v) is 5.11. The second-order valence-corrected chi connectivity index (χ2v) is 6.70. The third kappa shape index (κ3) is 4.84. The van der Waals surface area contributed by atoms with Crippen molar-refractivity contribution in [2.45, 2.75) is 65.8 Å². The average molecular weight is 291 g/mol. The van der Waals surface area contributed by atoms with E-state index in [0.717, 1.165) is 30.8 Å². The van der Waals surface area contributed by atoms with E-state index in [4.69, 9.17) is 0 Å². The van der Waals surface area contributed by atoms with Crippen LogP contribution in [0.5, 0.6) is 0 Å². The molecule has 1 aromatic rings. The van der Waals surface area contributed by atoms with Crippen LogP contribution in [0.2, 0.25) is 0 Å². The van der Waals surface area contributed by atoms with Crippen LogP contribution in [-0.4, -0.2) is 22.9 Å². The zero-order valence-electron chi connectivity index (χ0n) is 14.1. The van der Waals surface area contributed by atoms with Crippen molar-refractivity contribution in [2.24, 2.45) is 17.8 Å². The lowest BCUT2D eigenvalue weighted by atomic mass is 9.71. The van der Waals surface area contributed by atoms with Gasteiger partial charge in [-0.1, -0.05) is 33.1 Å². The van der Waals surface area contributed by atoms with Crippen LogP contribution in [0.3, 0.4) is 0 Å². The molecule has 0 radical (unpaired) electrons. The van der Waals surface area contributed by atoms with Gasteiger partial charge in [0.15, 0.2) is 0 Å². The van der Waals surface area contributed by atoms with E-state index in [1.807, 2.05) is 0 Å². The predicted octanol–water partition coefficient (Wildman–Crippen LogP) is 3.89. The van der Waals surface area contributed by atoms with Crippen LogP contribution in [0.15, 0.2) is 12.4 Å². The van der Waals surface area contributed by atoms with Crippen LogP contribution in [0.4, 0.5) is 0 Å². The van der Waals surface area contributed by atoms with Crippen molar-refractivity contribution in [3.63, 3.8) is 0 Å². The molecule has 1 fully saturated rings. The van der Waals surface area contributed by atoms with Gasteiger partial charge in [0.1, 0.15) is 0 Å². The van der Waals surface area contributed by atoms with Gasteiger partial charge in [-0.15, -0.1) is 0 Å². The minimum Gasteiger partial charge on any atom is -0.317 e.